The molecule has 2 N–H and O–H groups in total. The zero-order valence-corrected chi connectivity index (χ0v) is 12.3. The summed E-state index contributed by atoms with van der Waals surface area (Å²) in [6.45, 7) is 3.18. The van der Waals surface area contributed by atoms with Crippen LogP contribution < -0.4 is 0 Å². The number of benzene rings is 1. The van der Waals surface area contributed by atoms with Crippen molar-refractivity contribution < 1.29 is 19.8 Å². The number of hydrogen-bond acceptors (Lipinski definition) is 3. The maximum atomic E-state index is 11.6. The maximum Gasteiger partial charge on any atom is 0.334 e. The molecule has 0 saturated heterocycles. The topological polar surface area (TPSA) is 87.0 Å². The second-order valence-electron chi connectivity index (χ2n) is 4.90. The SMILES string of the molecule is CC1=NC(C)=C(C(=O)O)C(c2ccc(Cl)cc2)C1C(=O)O. The van der Waals surface area contributed by atoms with E-state index in [1.54, 1.807) is 38.1 Å². The zero-order valence-electron chi connectivity index (χ0n) is 11.5. The van der Waals surface area contributed by atoms with E-state index in [1.807, 2.05) is 0 Å². The highest BCUT2D eigenvalue weighted by molar-refractivity contribution is 6.30. The maximum absolute atomic E-state index is 11.6. The van der Waals surface area contributed by atoms with Crippen LogP contribution >= 0.6 is 11.6 Å². The molecule has 1 aliphatic heterocycles. The van der Waals surface area contributed by atoms with Gasteiger partial charge in [0, 0.05) is 22.3 Å². The number of hydrogen-bond donors (Lipinski definition) is 2. The minimum absolute atomic E-state index is 0.00956. The number of carboxylic acids is 2. The standard InChI is InChI=1S/C15H14ClNO4/c1-7-11(14(18)19)13(9-3-5-10(16)6-4-9)12(15(20)21)8(2)17-7/h3-6,11,13H,1-2H3,(H,18,19)(H,20,21). The van der Waals surface area contributed by atoms with Gasteiger partial charge in [0.1, 0.15) is 5.92 Å². The van der Waals surface area contributed by atoms with Crippen molar-refractivity contribution in [2.45, 2.75) is 19.8 Å². The van der Waals surface area contributed by atoms with E-state index >= 15 is 0 Å². The van der Waals surface area contributed by atoms with Gasteiger partial charge < -0.3 is 10.2 Å². The lowest BCUT2D eigenvalue weighted by Gasteiger charge is -2.29. The molecule has 0 aliphatic carbocycles. The Labute approximate surface area is 126 Å². The first kappa shape index (κ1) is 15.3. The summed E-state index contributed by atoms with van der Waals surface area (Å²) in [5.41, 5.74) is 1.33. The van der Waals surface area contributed by atoms with Gasteiger partial charge in [-0.3, -0.25) is 9.79 Å². The minimum atomic E-state index is -1.16. The Morgan fingerprint density at radius 2 is 1.71 bits per heavy atom. The van der Waals surface area contributed by atoms with E-state index in [1.165, 1.54) is 0 Å². The van der Waals surface area contributed by atoms with Gasteiger partial charge in [-0.05, 0) is 31.5 Å². The van der Waals surface area contributed by atoms with Crippen LogP contribution in [0.3, 0.4) is 0 Å². The van der Waals surface area contributed by atoms with Crippen molar-refractivity contribution >= 4 is 29.3 Å². The molecule has 110 valence electrons. The summed E-state index contributed by atoms with van der Waals surface area (Å²) in [6.07, 6.45) is 0. The lowest BCUT2D eigenvalue weighted by molar-refractivity contribution is -0.140. The Hall–Kier alpha value is -2.14. The highest BCUT2D eigenvalue weighted by atomic mass is 35.5. The Balaban J connectivity index is 2.65. The Bertz CT molecular complexity index is 661. The van der Waals surface area contributed by atoms with E-state index in [4.69, 9.17) is 11.6 Å². The highest BCUT2D eigenvalue weighted by Gasteiger charge is 2.40. The van der Waals surface area contributed by atoms with Gasteiger partial charge in [-0.25, -0.2) is 4.79 Å². The number of allylic oxidation sites excluding steroid dienone is 1. The lowest BCUT2D eigenvalue weighted by atomic mass is 9.76. The lowest BCUT2D eigenvalue weighted by Crippen LogP contribution is -2.34. The highest BCUT2D eigenvalue weighted by Crippen LogP contribution is 2.39. The van der Waals surface area contributed by atoms with Gasteiger partial charge in [0.15, 0.2) is 0 Å². The van der Waals surface area contributed by atoms with Crippen molar-refractivity contribution in [3.8, 4) is 0 Å². The summed E-state index contributed by atoms with van der Waals surface area (Å²) in [7, 11) is 0. The molecule has 21 heavy (non-hydrogen) atoms. The summed E-state index contributed by atoms with van der Waals surface area (Å²) in [6, 6.07) is 6.53. The van der Waals surface area contributed by atoms with Crippen LogP contribution in [0.1, 0.15) is 25.3 Å². The van der Waals surface area contributed by atoms with Crippen LogP contribution in [0.2, 0.25) is 5.02 Å². The van der Waals surface area contributed by atoms with Gasteiger partial charge in [-0.1, -0.05) is 23.7 Å². The molecule has 0 aromatic heterocycles. The fraction of sp³-hybridized carbons (Fsp3) is 0.267. The van der Waals surface area contributed by atoms with Crippen molar-refractivity contribution in [3.05, 3.63) is 46.1 Å². The summed E-state index contributed by atoms with van der Waals surface area (Å²) in [4.78, 5) is 27.2. The molecule has 2 unspecified atom stereocenters. The predicted octanol–water partition coefficient (Wildman–Crippen LogP) is 2.96. The first-order chi connectivity index (χ1) is 9.82. The van der Waals surface area contributed by atoms with E-state index in [0.29, 0.717) is 22.0 Å². The first-order valence-electron chi connectivity index (χ1n) is 6.30. The number of nitrogens with zero attached hydrogens (tertiary/aromatic N) is 1. The predicted molar refractivity (Wildman–Crippen MR) is 78.8 cm³/mol. The molecule has 0 amide bonds. The summed E-state index contributed by atoms with van der Waals surface area (Å²) in [5.74, 6) is -4.03. The van der Waals surface area contributed by atoms with Crippen molar-refractivity contribution in [2.75, 3.05) is 0 Å². The Morgan fingerprint density at radius 3 is 2.19 bits per heavy atom. The molecule has 1 aliphatic rings. The molecule has 5 nitrogen and oxygen atoms in total. The first-order valence-corrected chi connectivity index (χ1v) is 6.68. The van der Waals surface area contributed by atoms with E-state index < -0.39 is 23.8 Å². The molecule has 0 bridgehead atoms. The molecule has 1 aromatic rings. The monoisotopic (exact) mass is 307 g/mol. The summed E-state index contributed by atoms with van der Waals surface area (Å²) >= 11 is 5.84. The van der Waals surface area contributed by atoms with Crippen molar-refractivity contribution in [1.29, 1.82) is 0 Å². The third-order valence-corrected chi connectivity index (χ3v) is 3.81. The molecular weight excluding hydrogens is 294 g/mol. The van der Waals surface area contributed by atoms with Crippen LogP contribution in [0.4, 0.5) is 0 Å². The average Bonchev–Trinajstić information content (AvgIpc) is 2.37. The summed E-state index contributed by atoms with van der Waals surface area (Å²) < 4.78 is 0. The fourth-order valence-corrected chi connectivity index (χ4v) is 2.79. The van der Waals surface area contributed by atoms with E-state index in [2.05, 4.69) is 4.99 Å². The van der Waals surface area contributed by atoms with Gasteiger partial charge in [-0.15, -0.1) is 0 Å². The molecule has 1 heterocycles. The van der Waals surface area contributed by atoms with Crippen molar-refractivity contribution in [3.63, 3.8) is 0 Å². The van der Waals surface area contributed by atoms with Crippen LogP contribution in [0, 0.1) is 5.92 Å². The normalized spacial score (nSPS) is 22.0. The Morgan fingerprint density at radius 1 is 1.14 bits per heavy atom. The molecule has 0 saturated carbocycles. The third-order valence-electron chi connectivity index (χ3n) is 3.55. The minimum Gasteiger partial charge on any atom is -0.481 e. The molecule has 0 spiro atoms. The van der Waals surface area contributed by atoms with Gasteiger partial charge in [0.2, 0.25) is 0 Å². The molecule has 2 rings (SSSR count). The molecule has 6 heteroatoms. The average molecular weight is 308 g/mol. The van der Waals surface area contributed by atoms with Gasteiger partial charge in [-0.2, -0.15) is 0 Å². The molecular formula is C15H14ClNO4. The van der Waals surface area contributed by atoms with Crippen LogP contribution in [0.15, 0.2) is 40.5 Å². The van der Waals surface area contributed by atoms with Crippen LogP contribution in [-0.2, 0) is 9.59 Å². The fourth-order valence-electron chi connectivity index (χ4n) is 2.67. The molecule has 1 aromatic carbocycles. The van der Waals surface area contributed by atoms with E-state index in [-0.39, 0.29) is 5.57 Å². The number of rotatable bonds is 3. The van der Waals surface area contributed by atoms with Gasteiger partial charge >= 0.3 is 11.9 Å². The Kier molecular flexibility index (Phi) is 4.14. The number of carboxylic acid groups (broad SMARTS) is 2. The van der Waals surface area contributed by atoms with Crippen molar-refractivity contribution in [1.82, 2.24) is 0 Å². The van der Waals surface area contributed by atoms with E-state index in [9.17, 15) is 19.8 Å². The van der Waals surface area contributed by atoms with E-state index in [0.717, 1.165) is 0 Å². The number of halogens is 1. The van der Waals surface area contributed by atoms with Gasteiger partial charge in [0.05, 0.1) is 5.57 Å². The number of aliphatic carboxylic acids is 2. The van der Waals surface area contributed by atoms with Crippen LogP contribution in [-0.4, -0.2) is 27.9 Å². The number of carbonyl (C=O) groups is 2. The van der Waals surface area contributed by atoms with Crippen LogP contribution in [0.5, 0.6) is 0 Å². The summed E-state index contributed by atoms with van der Waals surface area (Å²) in [5, 5.41) is 19.4. The number of aliphatic imine (C=N–C) groups is 1. The quantitative estimate of drug-likeness (QED) is 0.898. The van der Waals surface area contributed by atoms with Crippen molar-refractivity contribution in [2.24, 2.45) is 10.9 Å². The molecule has 0 radical (unpaired) electrons. The smallest absolute Gasteiger partial charge is 0.334 e. The van der Waals surface area contributed by atoms with Gasteiger partial charge in [0.25, 0.3) is 0 Å². The molecule has 2 atom stereocenters. The second-order valence-corrected chi connectivity index (χ2v) is 5.34. The molecule has 0 fully saturated rings. The zero-order chi connectivity index (χ0) is 15.7. The largest absolute Gasteiger partial charge is 0.481 e. The third kappa shape index (κ3) is 2.83. The second kappa shape index (κ2) is 5.69. The van der Waals surface area contributed by atoms with Crippen LogP contribution in [0.25, 0.3) is 0 Å².